The molecule has 1 aromatic heterocycles. The average molecular weight is 499 g/mol. The summed E-state index contributed by atoms with van der Waals surface area (Å²) in [6.07, 6.45) is 3.78. The third kappa shape index (κ3) is 5.48. The number of carbonyl (C=O) groups excluding carboxylic acids is 1. The van der Waals surface area contributed by atoms with E-state index in [1.165, 1.54) is 31.9 Å². The van der Waals surface area contributed by atoms with Crippen molar-refractivity contribution in [2.75, 3.05) is 28.6 Å². The number of hydrogen-bond acceptors (Lipinski definition) is 5. The Hall–Kier alpha value is -3.55. The maximum absolute atomic E-state index is 13.0. The van der Waals surface area contributed by atoms with Crippen LogP contribution in [0, 0.1) is 6.92 Å². The van der Waals surface area contributed by atoms with Crippen LogP contribution < -0.4 is 15.5 Å². The van der Waals surface area contributed by atoms with Crippen molar-refractivity contribution in [2.45, 2.75) is 42.9 Å². The number of benzene rings is 3. The fraction of sp³-hybridized carbons (Fsp3) is 0.241. The number of amides is 1. The number of nitrogens with zero attached hydrogens (tertiary/aromatic N) is 2. The van der Waals surface area contributed by atoms with Crippen molar-refractivity contribution >= 4 is 50.7 Å². The molecule has 0 aliphatic carbocycles. The lowest BCUT2D eigenvalue weighted by Gasteiger charge is -2.29. The van der Waals surface area contributed by atoms with Gasteiger partial charge in [0.1, 0.15) is 0 Å². The normalized spacial score (nSPS) is 14.5. The number of carbonyl (C=O) groups is 1. The maximum atomic E-state index is 13.0. The van der Waals surface area contributed by atoms with Crippen molar-refractivity contribution in [3.63, 3.8) is 0 Å². The molecule has 1 aliphatic heterocycles. The van der Waals surface area contributed by atoms with Gasteiger partial charge in [0.25, 0.3) is 0 Å². The van der Waals surface area contributed by atoms with Gasteiger partial charge in [-0.05, 0) is 99.0 Å². The van der Waals surface area contributed by atoms with Gasteiger partial charge in [-0.1, -0.05) is 0 Å². The molecule has 5 rings (SSSR count). The molecule has 1 atom stereocenters. The lowest BCUT2D eigenvalue weighted by atomic mass is 10.1. The molecule has 1 saturated heterocycles. The van der Waals surface area contributed by atoms with E-state index >= 15 is 0 Å². The SMILES string of the molecule is CC(=O)Nc1ccc([S+]([O-])c2ccc(Nc3cc(C)nc4ccc(N5CCCCC5)cc34)cc2)cc1. The highest BCUT2D eigenvalue weighted by Crippen LogP contribution is 2.32. The van der Waals surface area contributed by atoms with Crippen LogP contribution >= 0.6 is 0 Å². The zero-order chi connectivity index (χ0) is 25.1. The van der Waals surface area contributed by atoms with Gasteiger partial charge >= 0.3 is 0 Å². The van der Waals surface area contributed by atoms with E-state index in [1.54, 1.807) is 24.3 Å². The van der Waals surface area contributed by atoms with E-state index in [0.717, 1.165) is 46.0 Å². The second-order valence-electron chi connectivity index (χ2n) is 9.18. The average Bonchev–Trinajstić information content (AvgIpc) is 2.89. The van der Waals surface area contributed by atoms with Gasteiger partial charge in [-0.15, -0.1) is 0 Å². The first-order chi connectivity index (χ1) is 17.5. The molecule has 36 heavy (non-hydrogen) atoms. The van der Waals surface area contributed by atoms with Crippen molar-refractivity contribution in [3.8, 4) is 0 Å². The number of nitrogens with one attached hydrogen (secondary N) is 2. The highest BCUT2D eigenvalue weighted by atomic mass is 32.2. The lowest BCUT2D eigenvalue weighted by Crippen LogP contribution is -2.29. The molecule has 2 N–H and O–H groups in total. The third-order valence-electron chi connectivity index (χ3n) is 6.38. The Labute approximate surface area is 214 Å². The van der Waals surface area contributed by atoms with Crippen LogP contribution in [0.3, 0.4) is 0 Å². The summed E-state index contributed by atoms with van der Waals surface area (Å²) >= 11 is -1.31. The highest BCUT2D eigenvalue weighted by Gasteiger charge is 2.16. The Morgan fingerprint density at radius 3 is 2.17 bits per heavy atom. The lowest BCUT2D eigenvalue weighted by molar-refractivity contribution is -0.114. The van der Waals surface area contributed by atoms with Crippen molar-refractivity contribution in [3.05, 3.63) is 78.5 Å². The third-order valence-corrected chi connectivity index (χ3v) is 7.78. The number of aromatic nitrogens is 1. The summed E-state index contributed by atoms with van der Waals surface area (Å²) in [5.74, 6) is -0.133. The standard InChI is InChI=1S/C29H30N4O2S/c1-20-18-29(27-19-24(10-15-28(27)30-20)33-16-4-3-5-17-33)32-23-8-13-26(14-9-23)36(35)25-11-6-22(7-12-25)31-21(2)34/h6-15,18-19H,3-5,16-17H2,1-2H3,(H,30,32)(H,31,34). The van der Waals surface area contributed by atoms with Gasteiger partial charge in [-0.2, -0.15) is 0 Å². The molecule has 1 aliphatic rings. The molecule has 1 fully saturated rings. The van der Waals surface area contributed by atoms with Gasteiger partial charge in [-0.3, -0.25) is 9.78 Å². The minimum Gasteiger partial charge on any atom is -0.606 e. The van der Waals surface area contributed by atoms with Crippen LogP contribution in [0.5, 0.6) is 0 Å². The topological polar surface area (TPSA) is 80.3 Å². The fourth-order valence-electron chi connectivity index (χ4n) is 4.62. The molecule has 7 heteroatoms. The number of pyridine rings is 1. The molecule has 0 bridgehead atoms. The van der Waals surface area contributed by atoms with Crippen LogP contribution in [-0.4, -0.2) is 28.5 Å². The van der Waals surface area contributed by atoms with E-state index in [0.29, 0.717) is 10.6 Å². The monoisotopic (exact) mass is 498 g/mol. The molecule has 0 radical (unpaired) electrons. The number of anilines is 4. The number of aryl methyl sites for hydroxylation is 1. The molecule has 6 nitrogen and oxygen atoms in total. The number of fused-ring (bicyclic) bond motifs is 1. The Morgan fingerprint density at radius 2 is 1.53 bits per heavy atom. The fourth-order valence-corrected chi connectivity index (χ4v) is 5.66. The van der Waals surface area contributed by atoms with Crippen LogP contribution in [0.15, 0.2) is 82.6 Å². The summed E-state index contributed by atoms with van der Waals surface area (Å²) in [5.41, 5.74) is 5.79. The molecule has 184 valence electrons. The number of hydrogen-bond donors (Lipinski definition) is 2. The van der Waals surface area contributed by atoms with Gasteiger partial charge < -0.3 is 20.1 Å². The second kappa shape index (κ2) is 10.6. The van der Waals surface area contributed by atoms with E-state index in [1.807, 2.05) is 31.2 Å². The molecule has 0 saturated carbocycles. The van der Waals surface area contributed by atoms with Crippen molar-refractivity contribution < 1.29 is 9.35 Å². The van der Waals surface area contributed by atoms with Crippen LogP contribution in [0.2, 0.25) is 0 Å². The zero-order valence-electron chi connectivity index (χ0n) is 20.6. The van der Waals surface area contributed by atoms with Gasteiger partial charge in [0.2, 0.25) is 5.91 Å². The molecule has 0 spiro atoms. The minimum absolute atomic E-state index is 0.133. The van der Waals surface area contributed by atoms with Gasteiger partial charge in [0.15, 0.2) is 9.79 Å². The summed E-state index contributed by atoms with van der Waals surface area (Å²) in [6, 6.07) is 23.4. The maximum Gasteiger partial charge on any atom is 0.221 e. The first-order valence-electron chi connectivity index (χ1n) is 12.3. The summed E-state index contributed by atoms with van der Waals surface area (Å²) in [7, 11) is 0. The van der Waals surface area contributed by atoms with Crippen LogP contribution in [-0.2, 0) is 16.0 Å². The van der Waals surface area contributed by atoms with E-state index in [2.05, 4.69) is 39.8 Å². The summed E-state index contributed by atoms with van der Waals surface area (Å²) < 4.78 is 13.0. The van der Waals surface area contributed by atoms with E-state index in [4.69, 9.17) is 4.98 Å². The smallest absolute Gasteiger partial charge is 0.221 e. The minimum atomic E-state index is -1.31. The number of rotatable bonds is 6. The Balaban J connectivity index is 1.36. The van der Waals surface area contributed by atoms with E-state index < -0.39 is 11.2 Å². The van der Waals surface area contributed by atoms with Crippen molar-refractivity contribution in [2.24, 2.45) is 0 Å². The van der Waals surface area contributed by atoms with Gasteiger partial charge in [0.05, 0.1) is 5.52 Å². The van der Waals surface area contributed by atoms with Crippen LogP contribution in [0.25, 0.3) is 10.9 Å². The first kappa shape index (κ1) is 24.2. The molecule has 3 aromatic carbocycles. The zero-order valence-corrected chi connectivity index (χ0v) is 21.4. The summed E-state index contributed by atoms with van der Waals surface area (Å²) in [5, 5.41) is 7.37. The van der Waals surface area contributed by atoms with E-state index in [-0.39, 0.29) is 5.91 Å². The Kier molecular flexibility index (Phi) is 7.11. The highest BCUT2D eigenvalue weighted by molar-refractivity contribution is 7.91. The number of piperidine rings is 1. The second-order valence-corrected chi connectivity index (χ2v) is 10.7. The predicted molar refractivity (Wildman–Crippen MR) is 148 cm³/mol. The molecular weight excluding hydrogens is 468 g/mol. The molecule has 4 aromatic rings. The molecule has 2 heterocycles. The van der Waals surface area contributed by atoms with E-state index in [9.17, 15) is 9.35 Å². The van der Waals surface area contributed by atoms with Gasteiger partial charge in [0, 0.05) is 65.0 Å². The molecule has 1 unspecified atom stereocenters. The largest absolute Gasteiger partial charge is 0.606 e. The van der Waals surface area contributed by atoms with Crippen LogP contribution in [0.4, 0.5) is 22.7 Å². The predicted octanol–water partition coefficient (Wildman–Crippen LogP) is 6.40. The van der Waals surface area contributed by atoms with Gasteiger partial charge in [-0.25, -0.2) is 0 Å². The molecular formula is C29H30N4O2S. The first-order valence-corrected chi connectivity index (χ1v) is 13.4. The Bertz CT molecular complexity index is 1370. The summed E-state index contributed by atoms with van der Waals surface area (Å²) in [6.45, 7) is 5.67. The van der Waals surface area contributed by atoms with Crippen molar-refractivity contribution in [1.29, 1.82) is 0 Å². The summed E-state index contributed by atoms with van der Waals surface area (Å²) in [4.78, 5) is 19.8. The quantitative estimate of drug-likeness (QED) is 0.301. The van der Waals surface area contributed by atoms with Crippen LogP contribution in [0.1, 0.15) is 31.9 Å². The van der Waals surface area contributed by atoms with Crippen molar-refractivity contribution in [1.82, 2.24) is 4.98 Å². The molecule has 1 amide bonds. The Morgan fingerprint density at radius 1 is 0.889 bits per heavy atom.